The molecule has 1 unspecified atom stereocenters. The minimum Gasteiger partial charge on any atom is -0.480 e. The van der Waals surface area contributed by atoms with Crippen molar-refractivity contribution in [2.24, 2.45) is 0 Å². The molecular weight excluding hydrogens is 290 g/mol. The Hall–Kier alpha value is -0.950. The quantitative estimate of drug-likeness (QED) is 0.737. The Bertz CT molecular complexity index is 350. The lowest BCUT2D eigenvalue weighted by Crippen LogP contribution is -2.49. The molecule has 1 fully saturated rings. The van der Waals surface area contributed by atoms with Gasteiger partial charge < -0.3 is 19.8 Å². The molecule has 1 atom stereocenters. The fourth-order valence-corrected chi connectivity index (χ4v) is 3.57. The molecule has 0 saturated carbocycles. The van der Waals surface area contributed by atoms with E-state index in [9.17, 15) is 9.59 Å². The van der Waals surface area contributed by atoms with E-state index in [-0.39, 0.29) is 6.03 Å². The minimum atomic E-state index is -0.910. The molecule has 1 rings (SSSR count). The van der Waals surface area contributed by atoms with Gasteiger partial charge in [-0.1, -0.05) is 13.8 Å². The van der Waals surface area contributed by atoms with E-state index in [1.54, 1.807) is 4.90 Å². The second kappa shape index (κ2) is 9.15. The van der Waals surface area contributed by atoms with Gasteiger partial charge >= 0.3 is 12.0 Å². The lowest BCUT2D eigenvalue weighted by atomic mass is 10.3. The van der Waals surface area contributed by atoms with Crippen molar-refractivity contribution < 1.29 is 14.7 Å². The van der Waals surface area contributed by atoms with Gasteiger partial charge in [-0.25, -0.2) is 9.59 Å². The van der Waals surface area contributed by atoms with E-state index in [4.69, 9.17) is 5.11 Å². The summed E-state index contributed by atoms with van der Waals surface area (Å²) in [5, 5.41) is 9.17. The molecule has 2 amide bonds. The second-order valence-electron chi connectivity index (χ2n) is 5.07. The third-order valence-corrected chi connectivity index (χ3v) is 4.87. The van der Waals surface area contributed by atoms with Crippen molar-refractivity contribution in [1.82, 2.24) is 14.7 Å². The zero-order valence-corrected chi connectivity index (χ0v) is 14.1. The van der Waals surface area contributed by atoms with Gasteiger partial charge in [-0.2, -0.15) is 0 Å². The molecule has 7 heteroatoms. The fraction of sp³-hybridized carbons (Fsp3) is 0.857. The van der Waals surface area contributed by atoms with Crippen LogP contribution in [0.4, 0.5) is 4.79 Å². The average Bonchev–Trinajstić information content (AvgIpc) is 2.96. The van der Waals surface area contributed by atoms with E-state index in [1.807, 2.05) is 6.92 Å². The van der Waals surface area contributed by atoms with Crippen LogP contribution in [-0.4, -0.2) is 82.2 Å². The molecule has 21 heavy (non-hydrogen) atoms. The van der Waals surface area contributed by atoms with E-state index in [1.165, 1.54) is 16.7 Å². The summed E-state index contributed by atoms with van der Waals surface area (Å²) in [6, 6.07) is -0.825. The first-order valence-electron chi connectivity index (χ1n) is 7.63. The predicted octanol–water partition coefficient (Wildman–Crippen LogP) is 1.62. The molecule has 0 spiro atoms. The summed E-state index contributed by atoms with van der Waals surface area (Å²) in [7, 11) is 0. The maximum Gasteiger partial charge on any atom is 0.327 e. The summed E-state index contributed by atoms with van der Waals surface area (Å²) in [6.07, 6.45) is 0.917. The third kappa shape index (κ3) is 5.07. The van der Waals surface area contributed by atoms with Crippen molar-refractivity contribution in [2.75, 3.05) is 44.4 Å². The van der Waals surface area contributed by atoms with Crippen LogP contribution in [0.5, 0.6) is 0 Å². The number of hydrogen-bond acceptors (Lipinski definition) is 4. The zero-order valence-electron chi connectivity index (χ0n) is 13.2. The SMILES string of the molecule is CCN(CC)CCCN(CC)C(=O)N1CSCC1C(=O)O. The highest BCUT2D eigenvalue weighted by atomic mass is 32.2. The summed E-state index contributed by atoms with van der Waals surface area (Å²) in [4.78, 5) is 29.2. The Morgan fingerprint density at radius 1 is 1.19 bits per heavy atom. The van der Waals surface area contributed by atoms with Gasteiger partial charge in [0.25, 0.3) is 0 Å². The van der Waals surface area contributed by atoms with Crippen molar-refractivity contribution in [3.05, 3.63) is 0 Å². The third-order valence-electron chi connectivity index (χ3n) is 3.86. The Labute approximate surface area is 131 Å². The number of nitrogens with zero attached hydrogens (tertiary/aromatic N) is 3. The largest absolute Gasteiger partial charge is 0.480 e. The van der Waals surface area contributed by atoms with Crippen LogP contribution < -0.4 is 0 Å². The minimum absolute atomic E-state index is 0.144. The molecule has 1 N–H and O–H groups in total. The number of urea groups is 1. The zero-order chi connectivity index (χ0) is 15.8. The monoisotopic (exact) mass is 317 g/mol. The highest BCUT2D eigenvalue weighted by molar-refractivity contribution is 7.99. The van der Waals surface area contributed by atoms with Crippen LogP contribution in [0.15, 0.2) is 0 Å². The van der Waals surface area contributed by atoms with Gasteiger partial charge in [0, 0.05) is 18.8 Å². The molecule has 0 aromatic carbocycles. The topological polar surface area (TPSA) is 64.1 Å². The van der Waals surface area contributed by atoms with Gasteiger partial charge in [0.05, 0.1) is 5.88 Å². The Kier molecular flexibility index (Phi) is 7.88. The first kappa shape index (κ1) is 18.1. The fourth-order valence-electron chi connectivity index (χ4n) is 2.43. The molecule has 1 aliphatic rings. The van der Waals surface area contributed by atoms with Crippen LogP contribution in [0.1, 0.15) is 27.2 Å². The molecule has 1 heterocycles. The number of carbonyl (C=O) groups excluding carboxylic acids is 1. The first-order chi connectivity index (χ1) is 10.0. The molecule has 122 valence electrons. The van der Waals surface area contributed by atoms with Gasteiger partial charge in [0.1, 0.15) is 6.04 Å². The number of carboxylic acids is 1. The van der Waals surface area contributed by atoms with Crippen molar-refractivity contribution in [2.45, 2.75) is 33.2 Å². The maximum absolute atomic E-state index is 12.5. The van der Waals surface area contributed by atoms with E-state index >= 15 is 0 Å². The van der Waals surface area contributed by atoms with Gasteiger partial charge in [-0.3, -0.25) is 0 Å². The summed E-state index contributed by atoms with van der Waals surface area (Å²) < 4.78 is 0. The number of aliphatic carboxylic acids is 1. The normalized spacial score (nSPS) is 18.3. The summed E-state index contributed by atoms with van der Waals surface area (Å²) in [5.41, 5.74) is 0. The van der Waals surface area contributed by atoms with E-state index in [2.05, 4.69) is 18.7 Å². The van der Waals surface area contributed by atoms with Crippen molar-refractivity contribution >= 4 is 23.8 Å². The molecule has 0 aromatic rings. The lowest BCUT2D eigenvalue weighted by Gasteiger charge is -2.29. The van der Waals surface area contributed by atoms with Gasteiger partial charge in [0.15, 0.2) is 0 Å². The van der Waals surface area contributed by atoms with Gasteiger partial charge in [0.2, 0.25) is 0 Å². The molecular formula is C14H27N3O3S. The van der Waals surface area contributed by atoms with Crippen molar-refractivity contribution in [3.63, 3.8) is 0 Å². The van der Waals surface area contributed by atoms with Gasteiger partial charge in [-0.05, 0) is 33.0 Å². The first-order valence-corrected chi connectivity index (χ1v) is 8.78. The number of rotatable bonds is 8. The van der Waals surface area contributed by atoms with Crippen LogP contribution in [0.2, 0.25) is 0 Å². The molecule has 0 radical (unpaired) electrons. The smallest absolute Gasteiger partial charge is 0.327 e. The van der Waals surface area contributed by atoms with E-state index < -0.39 is 12.0 Å². The molecule has 0 aliphatic carbocycles. The predicted molar refractivity (Wildman–Crippen MR) is 85.6 cm³/mol. The molecule has 0 bridgehead atoms. The standard InChI is InChI=1S/C14H27N3O3S/c1-4-15(5-2)8-7-9-16(6-3)14(20)17-11-21-10-12(17)13(18)19/h12H,4-11H2,1-3H3,(H,18,19). The highest BCUT2D eigenvalue weighted by Crippen LogP contribution is 2.22. The van der Waals surface area contributed by atoms with Gasteiger partial charge in [-0.15, -0.1) is 11.8 Å². The van der Waals surface area contributed by atoms with Crippen molar-refractivity contribution in [1.29, 1.82) is 0 Å². The van der Waals surface area contributed by atoms with Crippen LogP contribution >= 0.6 is 11.8 Å². The Balaban J connectivity index is 2.51. The van der Waals surface area contributed by atoms with E-state index in [0.717, 1.165) is 26.1 Å². The Morgan fingerprint density at radius 2 is 1.86 bits per heavy atom. The lowest BCUT2D eigenvalue weighted by molar-refractivity contribution is -0.140. The highest BCUT2D eigenvalue weighted by Gasteiger charge is 2.36. The van der Waals surface area contributed by atoms with Crippen LogP contribution in [0.25, 0.3) is 0 Å². The summed E-state index contributed by atoms with van der Waals surface area (Å²) >= 11 is 1.50. The molecule has 1 aliphatic heterocycles. The summed E-state index contributed by atoms with van der Waals surface area (Å²) in [6.45, 7) is 10.5. The number of thioether (sulfide) groups is 1. The maximum atomic E-state index is 12.5. The molecule has 0 aromatic heterocycles. The number of hydrogen-bond donors (Lipinski definition) is 1. The molecule has 1 saturated heterocycles. The summed E-state index contributed by atoms with van der Waals surface area (Å²) in [5.74, 6) is 0.0491. The average molecular weight is 317 g/mol. The van der Waals surface area contributed by atoms with E-state index in [0.29, 0.717) is 24.7 Å². The Morgan fingerprint density at radius 3 is 2.38 bits per heavy atom. The number of carbonyl (C=O) groups is 2. The van der Waals surface area contributed by atoms with Crippen molar-refractivity contribution in [3.8, 4) is 0 Å². The number of amides is 2. The second-order valence-corrected chi connectivity index (χ2v) is 6.07. The van der Waals surface area contributed by atoms with Crippen LogP contribution in [0, 0.1) is 0 Å². The van der Waals surface area contributed by atoms with Crippen LogP contribution in [0.3, 0.4) is 0 Å². The molecule has 6 nitrogen and oxygen atoms in total. The van der Waals surface area contributed by atoms with Crippen LogP contribution in [-0.2, 0) is 4.79 Å². The number of carboxylic acid groups (broad SMARTS) is 1.